The molecule has 1 atom stereocenters. The van der Waals surface area contributed by atoms with Gasteiger partial charge in [-0.05, 0) is 32.6 Å². The molecule has 1 aromatic heterocycles. The van der Waals surface area contributed by atoms with Gasteiger partial charge < -0.3 is 15.0 Å². The van der Waals surface area contributed by atoms with Gasteiger partial charge in [0.2, 0.25) is 0 Å². The van der Waals surface area contributed by atoms with E-state index in [1.54, 1.807) is 11.7 Å². The first kappa shape index (κ1) is 18.6. The third-order valence-electron chi connectivity index (χ3n) is 4.08. The molecule has 1 N–H and O–H groups in total. The van der Waals surface area contributed by atoms with Crippen LogP contribution in [0.15, 0.2) is 29.1 Å². The first-order valence-electron chi connectivity index (χ1n) is 8.45. The van der Waals surface area contributed by atoms with Crippen LogP contribution in [0.3, 0.4) is 0 Å². The number of likely N-dealkylation sites (N-methyl/N-ethyl adjacent to an activating group) is 1. The molecule has 0 unspecified atom stereocenters. The van der Waals surface area contributed by atoms with Crippen molar-refractivity contribution in [2.45, 2.75) is 25.9 Å². The summed E-state index contributed by atoms with van der Waals surface area (Å²) < 4.78 is 6.93. The summed E-state index contributed by atoms with van der Waals surface area (Å²) in [7, 11) is 5.74. The Kier molecular flexibility index (Phi) is 6.90. The monoisotopic (exact) mass is 332 g/mol. The van der Waals surface area contributed by atoms with Crippen LogP contribution in [0.2, 0.25) is 0 Å². The zero-order valence-electron chi connectivity index (χ0n) is 15.1. The molecule has 2 rings (SSSR count). The maximum atomic E-state index is 12.9. The molecule has 2 aromatic rings. The highest BCUT2D eigenvalue weighted by Crippen LogP contribution is 2.16. The third-order valence-corrected chi connectivity index (χ3v) is 4.08. The van der Waals surface area contributed by atoms with Crippen molar-refractivity contribution in [3.05, 3.63) is 40.4 Å². The molecule has 0 radical (unpaired) electrons. The van der Waals surface area contributed by atoms with Gasteiger partial charge in [-0.3, -0.25) is 9.36 Å². The van der Waals surface area contributed by atoms with E-state index in [1.165, 1.54) is 0 Å². The minimum absolute atomic E-state index is 0.000472. The van der Waals surface area contributed by atoms with E-state index in [0.717, 1.165) is 30.9 Å². The van der Waals surface area contributed by atoms with Crippen molar-refractivity contribution in [1.82, 2.24) is 19.8 Å². The van der Waals surface area contributed by atoms with Gasteiger partial charge in [-0.1, -0.05) is 19.1 Å². The number of benzene rings is 1. The highest BCUT2D eigenvalue weighted by atomic mass is 16.5. The Balaban J connectivity index is 2.42. The Labute approximate surface area is 143 Å². The molecule has 24 heavy (non-hydrogen) atoms. The Bertz CT molecular complexity index is 712. The standard InChI is InChI=1S/C18H28N4O2/c1-5-15(19-10-11-21(2)3)17-20-16-9-7-6-8-14(16)18(23)22(17)12-13-24-4/h6-9,15,19H,5,10-13H2,1-4H3/t15-/m1/s1. The lowest BCUT2D eigenvalue weighted by Gasteiger charge is -2.22. The highest BCUT2D eigenvalue weighted by molar-refractivity contribution is 5.77. The van der Waals surface area contributed by atoms with E-state index in [1.807, 2.05) is 38.4 Å². The molecule has 132 valence electrons. The number of ether oxygens (including phenoxy) is 1. The number of hydrogen-bond donors (Lipinski definition) is 1. The molecule has 0 aliphatic heterocycles. The van der Waals surface area contributed by atoms with Gasteiger partial charge in [0, 0.05) is 20.2 Å². The molecule has 0 spiro atoms. The number of nitrogens with one attached hydrogen (secondary N) is 1. The van der Waals surface area contributed by atoms with E-state index in [-0.39, 0.29) is 11.6 Å². The van der Waals surface area contributed by atoms with Gasteiger partial charge in [-0.25, -0.2) is 4.98 Å². The third kappa shape index (κ3) is 4.41. The fourth-order valence-electron chi connectivity index (χ4n) is 2.73. The van der Waals surface area contributed by atoms with E-state index in [0.29, 0.717) is 18.5 Å². The molecule has 6 heteroatoms. The fourth-order valence-corrected chi connectivity index (χ4v) is 2.73. The Hall–Kier alpha value is -1.76. The number of hydrogen-bond acceptors (Lipinski definition) is 5. The topological polar surface area (TPSA) is 59.4 Å². The first-order chi connectivity index (χ1) is 11.6. The molecule has 0 fully saturated rings. The van der Waals surface area contributed by atoms with Crippen molar-refractivity contribution < 1.29 is 4.74 Å². The molecule has 0 saturated heterocycles. The molecule has 0 amide bonds. The van der Waals surface area contributed by atoms with Crippen molar-refractivity contribution in [2.24, 2.45) is 0 Å². The summed E-state index contributed by atoms with van der Waals surface area (Å²) in [6.07, 6.45) is 0.866. The van der Waals surface area contributed by atoms with Crippen molar-refractivity contribution in [3.63, 3.8) is 0 Å². The minimum Gasteiger partial charge on any atom is -0.383 e. The van der Waals surface area contributed by atoms with Crippen molar-refractivity contribution in [1.29, 1.82) is 0 Å². The number of rotatable bonds is 9. The first-order valence-corrected chi connectivity index (χ1v) is 8.45. The van der Waals surface area contributed by atoms with Crippen LogP contribution in [-0.4, -0.2) is 55.4 Å². The molecule has 0 bridgehead atoms. The van der Waals surface area contributed by atoms with Crippen LogP contribution < -0.4 is 10.9 Å². The number of aromatic nitrogens is 2. The number of para-hydroxylation sites is 1. The van der Waals surface area contributed by atoms with E-state index < -0.39 is 0 Å². The molecular formula is C18H28N4O2. The SMILES string of the molecule is CC[C@@H](NCCN(C)C)c1nc2ccccc2c(=O)n1CCOC. The van der Waals surface area contributed by atoms with Gasteiger partial charge >= 0.3 is 0 Å². The van der Waals surface area contributed by atoms with E-state index in [2.05, 4.69) is 17.1 Å². The van der Waals surface area contributed by atoms with Crippen LogP contribution in [0.1, 0.15) is 25.2 Å². The van der Waals surface area contributed by atoms with Crippen LogP contribution in [0.4, 0.5) is 0 Å². The largest absolute Gasteiger partial charge is 0.383 e. The van der Waals surface area contributed by atoms with Crippen LogP contribution in [-0.2, 0) is 11.3 Å². The maximum absolute atomic E-state index is 12.9. The molecule has 0 aliphatic rings. The zero-order valence-corrected chi connectivity index (χ0v) is 15.1. The lowest BCUT2D eigenvalue weighted by molar-refractivity contribution is 0.184. The summed E-state index contributed by atoms with van der Waals surface area (Å²) in [6, 6.07) is 7.56. The average molecular weight is 332 g/mol. The normalized spacial score (nSPS) is 12.9. The lowest BCUT2D eigenvalue weighted by atomic mass is 10.1. The number of fused-ring (bicyclic) bond motifs is 1. The predicted octanol–water partition coefficient (Wildman–Crippen LogP) is 1.65. The second-order valence-corrected chi connectivity index (χ2v) is 6.15. The van der Waals surface area contributed by atoms with Gasteiger partial charge in [-0.2, -0.15) is 0 Å². The smallest absolute Gasteiger partial charge is 0.261 e. The van der Waals surface area contributed by atoms with E-state index >= 15 is 0 Å². The summed E-state index contributed by atoms with van der Waals surface area (Å²) in [4.78, 5) is 19.8. The molecule has 1 heterocycles. The molecular weight excluding hydrogens is 304 g/mol. The van der Waals surface area contributed by atoms with Gasteiger partial charge in [0.1, 0.15) is 5.82 Å². The molecule has 6 nitrogen and oxygen atoms in total. The van der Waals surface area contributed by atoms with Gasteiger partial charge in [0.25, 0.3) is 5.56 Å². The molecule has 0 aliphatic carbocycles. The summed E-state index contributed by atoms with van der Waals surface area (Å²) in [5.74, 6) is 0.789. The quantitative estimate of drug-likeness (QED) is 0.756. The molecule has 1 aromatic carbocycles. The number of methoxy groups -OCH3 is 1. The van der Waals surface area contributed by atoms with Crippen LogP contribution >= 0.6 is 0 Å². The molecule has 0 saturated carbocycles. The minimum atomic E-state index is 0.000472. The number of nitrogens with zero attached hydrogens (tertiary/aromatic N) is 3. The average Bonchev–Trinajstić information content (AvgIpc) is 2.58. The van der Waals surface area contributed by atoms with Gasteiger partial charge in [0.15, 0.2) is 0 Å². The summed E-state index contributed by atoms with van der Waals surface area (Å²) in [6.45, 7) is 4.88. The van der Waals surface area contributed by atoms with Crippen LogP contribution in [0, 0.1) is 0 Å². The Morgan fingerprint density at radius 3 is 2.75 bits per heavy atom. The fraction of sp³-hybridized carbons (Fsp3) is 0.556. The summed E-state index contributed by atoms with van der Waals surface area (Å²) in [5, 5.41) is 4.17. The second-order valence-electron chi connectivity index (χ2n) is 6.15. The second kappa shape index (κ2) is 8.92. The maximum Gasteiger partial charge on any atom is 0.261 e. The zero-order chi connectivity index (χ0) is 17.5. The Morgan fingerprint density at radius 2 is 2.08 bits per heavy atom. The van der Waals surface area contributed by atoms with Crippen LogP contribution in [0.25, 0.3) is 10.9 Å². The predicted molar refractivity (Wildman–Crippen MR) is 97.5 cm³/mol. The van der Waals surface area contributed by atoms with Crippen molar-refractivity contribution in [3.8, 4) is 0 Å². The lowest BCUT2D eigenvalue weighted by Crippen LogP contribution is -2.35. The summed E-state index contributed by atoms with van der Waals surface area (Å²) >= 11 is 0. The van der Waals surface area contributed by atoms with Crippen LogP contribution in [0.5, 0.6) is 0 Å². The Morgan fingerprint density at radius 1 is 1.33 bits per heavy atom. The highest BCUT2D eigenvalue weighted by Gasteiger charge is 2.18. The van der Waals surface area contributed by atoms with E-state index in [4.69, 9.17) is 9.72 Å². The van der Waals surface area contributed by atoms with Gasteiger partial charge in [0.05, 0.1) is 30.1 Å². The van der Waals surface area contributed by atoms with Gasteiger partial charge in [-0.15, -0.1) is 0 Å². The van der Waals surface area contributed by atoms with Crippen molar-refractivity contribution in [2.75, 3.05) is 40.9 Å². The van der Waals surface area contributed by atoms with E-state index in [9.17, 15) is 4.79 Å². The summed E-state index contributed by atoms with van der Waals surface area (Å²) in [5.41, 5.74) is 0.750. The van der Waals surface area contributed by atoms with Crippen molar-refractivity contribution >= 4 is 10.9 Å².